The lowest BCUT2D eigenvalue weighted by Gasteiger charge is -2.15. The van der Waals surface area contributed by atoms with Gasteiger partial charge in [-0.15, -0.1) is 0 Å². The van der Waals surface area contributed by atoms with E-state index in [1.165, 1.54) is 11.9 Å². The number of amides is 3. The third kappa shape index (κ3) is 5.02. The molecule has 0 fully saturated rings. The van der Waals surface area contributed by atoms with Crippen molar-refractivity contribution in [2.24, 2.45) is 7.05 Å². The maximum Gasteiger partial charge on any atom is 0.328 e. The molecule has 0 spiro atoms. The van der Waals surface area contributed by atoms with Crippen LogP contribution in [0.15, 0.2) is 24.5 Å². The molecule has 102 valence electrons. The van der Waals surface area contributed by atoms with Gasteiger partial charge in [0.1, 0.15) is 0 Å². The van der Waals surface area contributed by atoms with Crippen LogP contribution in [0.2, 0.25) is 0 Å². The van der Waals surface area contributed by atoms with Crippen LogP contribution in [-0.4, -0.2) is 44.7 Å². The lowest BCUT2D eigenvalue weighted by atomic mass is 10.3. The molecule has 0 aliphatic carbocycles. The first kappa shape index (κ1) is 14.4. The standard InChI is InChI=1S/C11H14N4O4/c1-14(6-8-5-12-15(2)7-8)11(19)13-9(16)3-4-10(17)18/h3-5,7H,6H2,1-2H3,(H,17,18)(H,13,16,19)/b4-3+. The fourth-order valence-electron chi connectivity index (χ4n) is 1.29. The van der Waals surface area contributed by atoms with E-state index in [4.69, 9.17) is 5.11 Å². The van der Waals surface area contributed by atoms with Crippen molar-refractivity contribution in [3.63, 3.8) is 0 Å². The van der Waals surface area contributed by atoms with Crippen LogP contribution in [0.1, 0.15) is 5.56 Å². The average molecular weight is 266 g/mol. The lowest BCUT2D eigenvalue weighted by Crippen LogP contribution is -2.39. The SMILES string of the molecule is CN(Cc1cnn(C)c1)C(=O)NC(=O)/C=C/C(=O)O. The molecule has 1 aromatic heterocycles. The van der Waals surface area contributed by atoms with Crippen molar-refractivity contribution in [3.05, 3.63) is 30.1 Å². The van der Waals surface area contributed by atoms with E-state index in [9.17, 15) is 14.4 Å². The van der Waals surface area contributed by atoms with Crippen LogP contribution in [0.4, 0.5) is 4.79 Å². The highest BCUT2D eigenvalue weighted by Gasteiger charge is 2.12. The van der Waals surface area contributed by atoms with E-state index in [0.29, 0.717) is 6.08 Å². The second-order valence-electron chi connectivity index (χ2n) is 3.84. The fourth-order valence-corrected chi connectivity index (χ4v) is 1.29. The number of hydrogen-bond donors (Lipinski definition) is 2. The smallest absolute Gasteiger partial charge is 0.328 e. The maximum atomic E-state index is 11.6. The number of aromatic nitrogens is 2. The summed E-state index contributed by atoms with van der Waals surface area (Å²) >= 11 is 0. The van der Waals surface area contributed by atoms with Crippen molar-refractivity contribution in [1.29, 1.82) is 0 Å². The molecule has 1 rings (SSSR count). The summed E-state index contributed by atoms with van der Waals surface area (Å²) in [6.07, 6.45) is 4.79. The molecule has 19 heavy (non-hydrogen) atoms. The lowest BCUT2D eigenvalue weighted by molar-refractivity contribution is -0.131. The van der Waals surface area contributed by atoms with Gasteiger partial charge in [0.15, 0.2) is 0 Å². The van der Waals surface area contributed by atoms with Crippen molar-refractivity contribution in [2.45, 2.75) is 6.54 Å². The molecule has 8 nitrogen and oxygen atoms in total. The summed E-state index contributed by atoms with van der Waals surface area (Å²) in [5.41, 5.74) is 0.814. The molecule has 0 aliphatic heterocycles. The molecule has 0 saturated carbocycles. The predicted molar refractivity (Wildman–Crippen MR) is 65.0 cm³/mol. The number of carboxylic acids is 1. The summed E-state index contributed by atoms with van der Waals surface area (Å²) < 4.78 is 1.60. The topological polar surface area (TPSA) is 105 Å². The van der Waals surface area contributed by atoms with Gasteiger partial charge in [0.2, 0.25) is 0 Å². The van der Waals surface area contributed by atoms with Gasteiger partial charge in [-0.1, -0.05) is 0 Å². The zero-order valence-electron chi connectivity index (χ0n) is 10.5. The quantitative estimate of drug-likeness (QED) is 0.730. The van der Waals surface area contributed by atoms with Crippen molar-refractivity contribution in [2.75, 3.05) is 7.05 Å². The predicted octanol–water partition coefficient (Wildman–Crippen LogP) is -0.271. The van der Waals surface area contributed by atoms with Crippen LogP contribution in [0, 0.1) is 0 Å². The average Bonchev–Trinajstić information content (AvgIpc) is 2.72. The Bertz CT molecular complexity index is 521. The molecule has 0 aliphatic rings. The molecule has 2 N–H and O–H groups in total. The van der Waals surface area contributed by atoms with Crippen molar-refractivity contribution in [3.8, 4) is 0 Å². The number of urea groups is 1. The summed E-state index contributed by atoms with van der Waals surface area (Å²) in [6, 6.07) is -0.621. The number of imide groups is 1. The van der Waals surface area contributed by atoms with E-state index in [1.807, 2.05) is 5.32 Å². The Morgan fingerprint density at radius 3 is 2.68 bits per heavy atom. The van der Waals surface area contributed by atoms with E-state index < -0.39 is 17.9 Å². The Morgan fingerprint density at radius 1 is 1.47 bits per heavy atom. The normalized spacial score (nSPS) is 10.4. The number of hydrogen-bond acceptors (Lipinski definition) is 4. The van der Waals surface area contributed by atoms with Gasteiger partial charge in [-0.3, -0.25) is 14.8 Å². The molecule has 0 atom stereocenters. The summed E-state index contributed by atoms with van der Waals surface area (Å²) in [5.74, 6) is -2.04. The van der Waals surface area contributed by atoms with Crippen molar-refractivity contribution >= 4 is 17.9 Å². The Balaban J connectivity index is 2.49. The molecule has 8 heteroatoms. The van der Waals surface area contributed by atoms with E-state index in [2.05, 4.69) is 5.10 Å². The number of aliphatic carboxylic acids is 1. The number of rotatable bonds is 4. The number of carbonyl (C=O) groups is 3. The van der Waals surface area contributed by atoms with Gasteiger partial charge in [0, 0.05) is 38.0 Å². The van der Waals surface area contributed by atoms with Gasteiger partial charge >= 0.3 is 12.0 Å². The Labute approximate surface area is 109 Å². The molecular formula is C11H14N4O4. The number of nitrogens with one attached hydrogen (secondary N) is 1. The fraction of sp³-hybridized carbons (Fsp3) is 0.273. The van der Waals surface area contributed by atoms with Crippen LogP contribution in [0.3, 0.4) is 0 Å². The third-order valence-corrected chi connectivity index (χ3v) is 2.13. The first-order valence-corrected chi connectivity index (χ1v) is 5.33. The molecule has 3 amide bonds. The second-order valence-corrected chi connectivity index (χ2v) is 3.84. The van der Waals surface area contributed by atoms with E-state index >= 15 is 0 Å². The molecule has 1 aromatic rings. The second kappa shape index (κ2) is 6.34. The Kier molecular flexibility index (Phi) is 4.81. The minimum atomic E-state index is -1.26. The van der Waals surface area contributed by atoms with Gasteiger partial charge in [-0.25, -0.2) is 9.59 Å². The molecule has 0 aromatic carbocycles. The van der Waals surface area contributed by atoms with Gasteiger partial charge in [-0.05, 0) is 0 Å². The molecule has 0 radical (unpaired) electrons. The molecule has 0 bridgehead atoms. The molecule has 0 unspecified atom stereocenters. The Morgan fingerprint density at radius 2 is 2.16 bits per heavy atom. The zero-order chi connectivity index (χ0) is 14.4. The Hall–Kier alpha value is -2.64. The highest BCUT2D eigenvalue weighted by Crippen LogP contribution is 2.01. The van der Waals surface area contributed by atoms with Crippen LogP contribution < -0.4 is 5.32 Å². The molecular weight excluding hydrogens is 252 g/mol. The monoisotopic (exact) mass is 266 g/mol. The van der Waals surface area contributed by atoms with Gasteiger partial charge in [0.25, 0.3) is 5.91 Å². The summed E-state index contributed by atoms with van der Waals surface area (Å²) in [7, 11) is 3.26. The summed E-state index contributed by atoms with van der Waals surface area (Å²) in [5, 5.41) is 14.3. The van der Waals surface area contributed by atoms with Crippen molar-refractivity contribution < 1.29 is 19.5 Å². The highest BCUT2D eigenvalue weighted by molar-refractivity contribution is 6.02. The van der Waals surface area contributed by atoms with Gasteiger partial charge in [-0.2, -0.15) is 5.10 Å². The van der Waals surface area contributed by atoms with Crippen LogP contribution in [-0.2, 0) is 23.2 Å². The van der Waals surface area contributed by atoms with Crippen molar-refractivity contribution in [1.82, 2.24) is 20.0 Å². The van der Waals surface area contributed by atoms with E-state index in [0.717, 1.165) is 11.6 Å². The van der Waals surface area contributed by atoms with Crippen LogP contribution >= 0.6 is 0 Å². The largest absolute Gasteiger partial charge is 0.478 e. The summed E-state index contributed by atoms with van der Waals surface area (Å²) in [4.78, 5) is 34.3. The minimum absolute atomic E-state index is 0.287. The van der Waals surface area contributed by atoms with Crippen LogP contribution in [0.25, 0.3) is 0 Å². The van der Waals surface area contributed by atoms with Gasteiger partial charge < -0.3 is 10.0 Å². The minimum Gasteiger partial charge on any atom is -0.478 e. The van der Waals surface area contributed by atoms with Crippen LogP contribution in [0.5, 0.6) is 0 Å². The third-order valence-electron chi connectivity index (χ3n) is 2.13. The summed E-state index contributed by atoms with van der Waals surface area (Å²) in [6.45, 7) is 0.287. The van der Waals surface area contributed by atoms with Gasteiger partial charge in [0.05, 0.1) is 12.7 Å². The van der Waals surface area contributed by atoms with E-state index in [-0.39, 0.29) is 6.54 Å². The number of carbonyl (C=O) groups excluding carboxylic acids is 2. The number of carboxylic acid groups (broad SMARTS) is 1. The van der Waals surface area contributed by atoms with E-state index in [1.54, 1.807) is 24.1 Å². The number of nitrogens with zero attached hydrogens (tertiary/aromatic N) is 3. The molecule has 0 saturated heterocycles. The molecule has 1 heterocycles. The first-order valence-electron chi connectivity index (χ1n) is 5.33. The maximum absolute atomic E-state index is 11.6. The highest BCUT2D eigenvalue weighted by atomic mass is 16.4. The zero-order valence-corrected chi connectivity index (χ0v) is 10.5. The number of aryl methyl sites for hydroxylation is 1. The first-order chi connectivity index (χ1) is 8.88.